The van der Waals surface area contributed by atoms with Crippen LogP contribution in [-0.2, 0) is 0 Å². The van der Waals surface area contributed by atoms with Crippen molar-refractivity contribution in [2.24, 2.45) is 0 Å². The van der Waals surface area contributed by atoms with Gasteiger partial charge in [-0.25, -0.2) is 4.39 Å². The maximum atomic E-state index is 13.7. The van der Waals surface area contributed by atoms with E-state index in [0.717, 1.165) is 17.7 Å². The number of rotatable bonds is 2. The molecule has 0 radical (unpaired) electrons. The van der Waals surface area contributed by atoms with Crippen LogP contribution in [0.3, 0.4) is 0 Å². The van der Waals surface area contributed by atoms with Gasteiger partial charge < -0.3 is 5.32 Å². The van der Waals surface area contributed by atoms with Crippen molar-refractivity contribution in [2.45, 2.75) is 17.4 Å². The molecule has 3 rings (SSSR count). The van der Waals surface area contributed by atoms with Crippen LogP contribution in [-0.4, -0.2) is 11.7 Å². The second-order valence-corrected chi connectivity index (χ2v) is 6.22. The van der Waals surface area contributed by atoms with Crippen molar-refractivity contribution < 1.29 is 9.18 Å². The summed E-state index contributed by atoms with van der Waals surface area (Å²) < 4.78 is 13.7. The molecule has 2 heterocycles. The minimum atomic E-state index is -0.197. The van der Waals surface area contributed by atoms with E-state index in [0.29, 0.717) is 10.5 Å². The molecular formula is C14H12FNOS2. The predicted molar refractivity (Wildman–Crippen MR) is 76.3 cm³/mol. The number of halogens is 1. The summed E-state index contributed by atoms with van der Waals surface area (Å²) in [5.41, 5.74) is 1.56. The molecule has 1 aliphatic rings. The van der Waals surface area contributed by atoms with Gasteiger partial charge in [0.1, 0.15) is 5.82 Å². The molecule has 0 spiro atoms. The Morgan fingerprint density at radius 1 is 1.37 bits per heavy atom. The average molecular weight is 293 g/mol. The third-order valence-corrected chi connectivity index (χ3v) is 4.96. The second-order valence-electron chi connectivity index (χ2n) is 4.33. The molecule has 2 aromatic rings. The standard InChI is InChI=1S/C14H12FNOS2/c15-11-3-1-2-10-12(5-7-19-13(10)11)16-14(17)9-4-6-18-8-9/h1-4,6,8,12H,5,7H2,(H,16,17). The van der Waals surface area contributed by atoms with Crippen LogP contribution in [0.25, 0.3) is 0 Å². The topological polar surface area (TPSA) is 29.1 Å². The van der Waals surface area contributed by atoms with Gasteiger partial charge in [0, 0.05) is 16.0 Å². The smallest absolute Gasteiger partial charge is 0.252 e. The summed E-state index contributed by atoms with van der Waals surface area (Å²) in [7, 11) is 0. The maximum absolute atomic E-state index is 13.7. The lowest BCUT2D eigenvalue weighted by Gasteiger charge is -2.26. The van der Waals surface area contributed by atoms with Crippen molar-refractivity contribution >= 4 is 29.0 Å². The molecule has 2 nitrogen and oxygen atoms in total. The van der Waals surface area contributed by atoms with Gasteiger partial charge in [-0.15, -0.1) is 11.8 Å². The Morgan fingerprint density at radius 3 is 3.05 bits per heavy atom. The number of thiophene rings is 1. The van der Waals surface area contributed by atoms with E-state index >= 15 is 0 Å². The van der Waals surface area contributed by atoms with Crippen molar-refractivity contribution in [1.29, 1.82) is 0 Å². The van der Waals surface area contributed by atoms with Crippen LogP contribution in [0.15, 0.2) is 39.9 Å². The number of carbonyl (C=O) groups excluding carboxylic acids is 1. The molecule has 0 saturated heterocycles. The molecule has 1 aromatic heterocycles. The molecule has 0 aliphatic carbocycles. The molecule has 1 amide bonds. The molecule has 1 aromatic carbocycles. The molecule has 1 aliphatic heterocycles. The Balaban J connectivity index is 1.84. The van der Waals surface area contributed by atoms with E-state index in [4.69, 9.17) is 0 Å². The predicted octanol–water partition coefficient (Wildman–Crippen LogP) is 3.85. The number of hydrogen-bond acceptors (Lipinski definition) is 3. The summed E-state index contributed by atoms with van der Waals surface area (Å²) in [4.78, 5) is 12.7. The van der Waals surface area contributed by atoms with Crippen molar-refractivity contribution in [2.75, 3.05) is 5.75 Å². The fraction of sp³-hybridized carbons (Fsp3) is 0.214. The quantitative estimate of drug-likeness (QED) is 0.911. The van der Waals surface area contributed by atoms with E-state index in [-0.39, 0.29) is 17.8 Å². The lowest BCUT2D eigenvalue weighted by molar-refractivity contribution is 0.0935. The minimum Gasteiger partial charge on any atom is -0.345 e. The third-order valence-electron chi connectivity index (χ3n) is 3.11. The van der Waals surface area contributed by atoms with Gasteiger partial charge in [0.05, 0.1) is 11.6 Å². The van der Waals surface area contributed by atoms with Crippen LogP contribution in [0.4, 0.5) is 4.39 Å². The van der Waals surface area contributed by atoms with E-state index in [1.54, 1.807) is 12.1 Å². The van der Waals surface area contributed by atoms with Crippen molar-refractivity contribution in [1.82, 2.24) is 5.32 Å². The zero-order chi connectivity index (χ0) is 13.2. The number of carbonyl (C=O) groups is 1. The Labute approximate surface area is 119 Å². The number of hydrogen-bond donors (Lipinski definition) is 1. The summed E-state index contributed by atoms with van der Waals surface area (Å²) in [6.45, 7) is 0. The highest BCUT2D eigenvalue weighted by molar-refractivity contribution is 7.99. The molecule has 1 N–H and O–H groups in total. The second kappa shape index (κ2) is 5.35. The fourth-order valence-corrected chi connectivity index (χ4v) is 3.95. The average Bonchev–Trinajstić information content (AvgIpc) is 2.94. The first-order chi connectivity index (χ1) is 9.25. The van der Waals surface area contributed by atoms with E-state index in [1.807, 2.05) is 16.8 Å². The summed E-state index contributed by atoms with van der Waals surface area (Å²) in [6, 6.07) is 6.76. The van der Waals surface area contributed by atoms with Crippen molar-refractivity contribution in [3.05, 3.63) is 52.0 Å². The van der Waals surface area contributed by atoms with Crippen molar-refractivity contribution in [3.63, 3.8) is 0 Å². The van der Waals surface area contributed by atoms with Gasteiger partial charge in [0.15, 0.2) is 0 Å². The first kappa shape index (κ1) is 12.7. The SMILES string of the molecule is O=C(NC1CCSc2c(F)cccc21)c1ccsc1. The molecule has 0 fully saturated rings. The monoisotopic (exact) mass is 293 g/mol. The molecule has 0 saturated carbocycles. The summed E-state index contributed by atoms with van der Waals surface area (Å²) in [5, 5.41) is 6.69. The maximum Gasteiger partial charge on any atom is 0.252 e. The van der Waals surface area contributed by atoms with Gasteiger partial charge in [-0.1, -0.05) is 12.1 Å². The molecular weight excluding hydrogens is 281 g/mol. The van der Waals surface area contributed by atoms with Crippen LogP contribution in [0.1, 0.15) is 28.4 Å². The highest BCUT2D eigenvalue weighted by Crippen LogP contribution is 2.37. The van der Waals surface area contributed by atoms with Gasteiger partial charge in [-0.2, -0.15) is 11.3 Å². The molecule has 1 atom stereocenters. The highest BCUT2D eigenvalue weighted by Gasteiger charge is 2.24. The van der Waals surface area contributed by atoms with Gasteiger partial charge in [0.25, 0.3) is 5.91 Å². The highest BCUT2D eigenvalue weighted by atomic mass is 32.2. The summed E-state index contributed by atoms with van der Waals surface area (Å²) >= 11 is 3.01. The van der Waals surface area contributed by atoms with Crippen molar-refractivity contribution in [3.8, 4) is 0 Å². The lowest BCUT2D eigenvalue weighted by Crippen LogP contribution is -2.30. The van der Waals surface area contributed by atoms with Crippen LogP contribution >= 0.6 is 23.1 Å². The third kappa shape index (κ3) is 2.53. The van der Waals surface area contributed by atoms with Gasteiger partial charge >= 0.3 is 0 Å². The number of benzene rings is 1. The zero-order valence-corrected chi connectivity index (χ0v) is 11.7. The molecule has 1 unspecified atom stereocenters. The Morgan fingerprint density at radius 2 is 2.26 bits per heavy atom. The van der Waals surface area contributed by atoms with Crippen LogP contribution in [0, 0.1) is 5.82 Å². The van der Waals surface area contributed by atoms with E-state index in [1.165, 1.54) is 29.2 Å². The van der Waals surface area contributed by atoms with Gasteiger partial charge in [-0.05, 0) is 29.5 Å². The number of fused-ring (bicyclic) bond motifs is 1. The van der Waals surface area contributed by atoms with Crippen LogP contribution in [0.2, 0.25) is 0 Å². The minimum absolute atomic E-state index is 0.0895. The molecule has 0 bridgehead atoms. The fourth-order valence-electron chi connectivity index (χ4n) is 2.17. The molecule has 5 heteroatoms. The summed E-state index contributed by atoms with van der Waals surface area (Å²) in [5.74, 6) is 0.535. The molecule has 19 heavy (non-hydrogen) atoms. The summed E-state index contributed by atoms with van der Waals surface area (Å²) in [6.07, 6.45) is 0.830. The molecule has 98 valence electrons. The number of nitrogens with one attached hydrogen (secondary N) is 1. The van der Waals surface area contributed by atoms with E-state index in [9.17, 15) is 9.18 Å². The largest absolute Gasteiger partial charge is 0.345 e. The Hall–Kier alpha value is -1.33. The van der Waals surface area contributed by atoms with E-state index in [2.05, 4.69) is 5.32 Å². The van der Waals surface area contributed by atoms with Crippen LogP contribution < -0.4 is 5.32 Å². The van der Waals surface area contributed by atoms with E-state index < -0.39 is 0 Å². The first-order valence-electron chi connectivity index (χ1n) is 6.00. The zero-order valence-electron chi connectivity index (χ0n) is 10.1. The van der Waals surface area contributed by atoms with Gasteiger partial charge in [-0.3, -0.25) is 4.79 Å². The Kier molecular flexibility index (Phi) is 3.57. The lowest BCUT2D eigenvalue weighted by atomic mass is 10.0. The van der Waals surface area contributed by atoms with Gasteiger partial charge in [0.2, 0.25) is 0 Å². The number of thioether (sulfide) groups is 1. The Bertz CT molecular complexity index is 597. The van der Waals surface area contributed by atoms with Crippen LogP contribution in [0.5, 0.6) is 0 Å². The number of amides is 1. The first-order valence-corrected chi connectivity index (χ1v) is 7.93. The normalized spacial score (nSPS) is 17.8.